The third kappa shape index (κ3) is 6.77. The van der Waals surface area contributed by atoms with Crippen molar-refractivity contribution in [1.29, 1.82) is 0 Å². The number of carbonyl (C=O) groups is 1. The van der Waals surface area contributed by atoms with Gasteiger partial charge in [0.1, 0.15) is 18.2 Å². The van der Waals surface area contributed by atoms with Gasteiger partial charge in [-0.25, -0.2) is 9.37 Å². The molecule has 4 nitrogen and oxygen atoms in total. The fourth-order valence-corrected chi connectivity index (χ4v) is 5.43. The van der Waals surface area contributed by atoms with Crippen molar-refractivity contribution in [2.75, 3.05) is 7.05 Å². The maximum atomic E-state index is 13.9. The Morgan fingerprint density at radius 3 is 2.33 bits per heavy atom. The molecule has 212 valence electrons. The number of benzene rings is 4. The maximum absolute atomic E-state index is 13.9. The lowest BCUT2D eigenvalue weighted by molar-refractivity contribution is 0.0787. The summed E-state index contributed by atoms with van der Waals surface area (Å²) in [5, 5.41) is 0.771. The Morgan fingerprint density at radius 1 is 0.905 bits per heavy atom. The number of nitrogens with zero attached hydrogens (tertiary/aromatic N) is 2. The molecule has 5 aromatic rings. The highest BCUT2D eigenvalue weighted by atomic mass is 79.9. The van der Waals surface area contributed by atoms with Gasteiger partial charge < -0.3 is 9.64 Å². The summed E-state index contributed by atoms with van der Waals surface area (Å²) in [7, 11) is 1.81. The molecule has 1 heterocycles. The van der Waals surface area contributed by atoms with Crippen LogP contribution in [0.15, 0.2) is 89.4 Å². The molecule has 0 unspecified atom stereocenters. The summed E-state index contributed by atoms with van der Waals surface area (Å²) >= 11 is 3.54. The zero-order chi connectivity index (χ0) is 29.8. The molecule has 5 rings (SSSR count). The number of rotatable bonds is 8. The van der Waals surface area contributed by atoms with E-state index in [1.807, 2.05) is 69.4 Å². The number of ether oxygens (including phenoxy) is 1. The van der Waals surface area contributed by atoms with Crippen molar-refractivity contribution >= 4 is 44.9 Å². The van der Waals surface area contributed by atoms with Crippen LogP contribution in [0.3, 0.4) is 0 Å². The molecule has 0 aliphatic rings. The lowest BCUT2D eigenvalue weighted by atomic mass is 10.0. The van der Waals surface area contributed by atoms with Crippen molar-refractivity contribution in [2.45, 2.75) is 33.9 Å². The highest BCUT2D eigenvalue weighted by molar-refractivity contribution is 9.10. The van der Waals surface area contributed by atoms with Crippen molar-refractivity contribution in [3.63, 3.8) is 0 Å². The average Bonchev–Trinajstić information content (AvgIpc) is 2.96. The van der Waals surface area contributed by atoms with Crippen molar-refractivity contribution in [2.24, 2.45) is 0 Å². The van der Waals surface area contributed by atoms with Crippen LogP contribution in [0.1, 0.15) is 49.4 Å². The second kappa shape index (κ2) is 12.7. The van der Waals surface area contributed by atoms with Gasteiger partial charge in [-0.05, 0) is 96.6 Å². The number of amides is 1. The Hall–Kier alpha value is -4.29. The molecule has 0 fully saturated rings. The standard InChI is InChI=1S/C36H32BrFN2O2/c1-23-7-5-6-8-28(23)22-42-35-24(2)17-27(18-25(35)3)21-40(4)36(41)33-20-31(15-11-26-9-13-30(38)14-10-26)39-34-16-12-29(37)19-32(33)34/h5-20H,21-22H2,1-4H3/b15-11+. The Morgan fingerprint density at radius 2 is 1.62 bits per heavy atom. The summed E-state index contributed by atoms with van der Waals surface area (Å²) in [5.41, 5.74) is 8.23. The Bertz CT molecular complexity index is 1770. The van der Waals surface area contributed by atoms with E-state index in [4.69, 9.17) is 9.72 Å². The Balaban J connectivity index is 1.38. The summed E-state index contributed by atoms with van der Waals surface area (Å²) < 4.78 is 20.4. The maximum Gasteiger partial charge on any atom is 0.254 e. The Kier molecular flexibility index (Phi) is 8.83. The molecule has 42 heavy (non-hydrogen) atoms. The summed E-state index contributed by atoms with van der Waals surface area (Å²) in [5.74, 6) is 0.484. The van der Waals surface area contributed by atoms with E-state index in [1.165, 1.54) is 17.7 Å². The number of hydrogen-bond acceptors (Lipinski definition) is 3. The van der Waals surface area contributed by atoms with Crippen LogP contribution in [-0.2, 0) is 13.2 Å². The second-order valence-electron chi connectivity index (χ2n) is 10.6. The summed E-state index contributed by atoms with van der Waals surface area (Å²) in [4.78, 5) is 20.3. The third-order valence-corrected chi connectivity index (χ3v) is 7.75. The van der Waals surface area contributed by atoms with Gasteiger partial charge in [-0.15, -0.1) is 0 Å². The minimum Gasteiger partial charge on any atom is -0.488 e. The van der Waals surface area contributed by atoms with Crippen LogP contribution < -0.4 is 4.74 Å². The number of carbonyl (C=O) groups excluding carboxylic acids is 1. The van der Waals surface area contributed by atoms with Crippen molar-refractivity contribution in [3.8, 4) is 5.75 Å². The predicted molar refractivity (Wildman–Crippen MR) is 172 cm³/mol. The van der Waals surface area contributed by atoms with Crippen LogP contribution >= 0.6 is 15.9 Å². The highest BCUT2D eigenvalue weighted by Gasteiger charge is 2.18. The van der Waals surface area contributed by atoms with E-state index in [0.717, 1.165) is 48.9 Å². The number of pyridine rings is 1. The molecular weight excluding hydrogens is 591 g/mol. The van der Waals surface area contributed by atoms with Crippen LogP contribution in [0.4, 0.5) is 4.39 Å². The van der Waals surface area contributed by atoms with Gasteiger partial charge in [0, 0.05) is 23.5 Å². The molecule has 0 N–H and O–H groups in total. The summed E-state index contributed by atoms with van der Waals surface area (Å²) in [6.45, 7) is 7.12. The molecule has 0 saturated heterocycles. The van der Waals surface area contributed by atoms with Crippen LogP contribution in [0.2, 0.25) is 0 Å². The topological polar surface area (TPSA) is 42.4 Å². The van der Waals surface area contributed by atoms with Crippen LogP contribution in [-0.4, -0.2) is 22.8 Å². The third-order valence-electron chi connectivity index (χ3n) is 7.26. The van der Waals surface area contributed by atoms with Gasteiger partial charge in [-0.2, -0.15) is 0 Å². The minimum atomic E-state index is -0.285. The van der Waals surface area contributed by atoms with E-state index in [-0.39, 0.29) is 11.7 Å². The normalized spacial score (nSPS) is 11.3. The first-order chi connectivity index (χ1) is 20.2. The average molecular weight is 624 g/mol. The second-order valence-corrected chi connectivity index (χ2v) is 11.5. The molecule has 6 heteroatoms. The number of fused-ring (bicyclic) bond motifs is 1. The molecule has 0 atom stereocenters. The first kappa shape index (κ1) is 29.2. The monoisotopic (exact) mass is 622 g/mol. The number of aryl methyl sites for hydroxylation is 3. The van der Waals surface area contributed by atoms with Gasteiger partial charge in [0.05, 0.1) is 16.8 Å². The van der Waals surface area contributed by atoms with E-state index >= 15 is 0 Å². The van der Waals surface area contributed by atoms with Crippen LogP contribution in [0, 0.1) is 26.6 Å². The molecule has 0 aliphatic heterocycles. The van der Waals surface area contributed by atoms with E-state index in [2.05, 4.69) is 47.1 Å². The molecule has 1 amide bonds. The molecule has 0 radical (unpaired) electrons. The van der Waals surface area contributed by atoms with Gasteiger partial charge in [0.2, 0.25) is 0 Å². The predicted octanol–water partition coefficient (Wildman–Crippen LogP) is 9.08. The number of aromatic nitrogens is 1. The smallest absolute Gasteiger partial charge is 0.254 e. The minimum absolute atomic E-state index is 0.105. The van der Waals surface area contributed by atoms with Gasteiger partial charge in [0.25, 0.3) is 5.91 Å². The van der Waals surface area contributed by atoms with Gasteiger partial charge >= 0.3 is 0 Å². The fraction of sp³-hybridized carbons (Fsp3) is 0.167. The van der Waals surface area contributed by atoms with Crippen LogP contribution in [0.25, 0.3) is 23.1 Å². The first-order valence-electron chi connectivity index (χ1n) is 13.7. The molecule has 4 aromatic carbocycles. The van der Waals surface area contributed by atoms with Crippen LogP contribution in [0.5, 0.6) is 5.75 Å². The number of halogens is 2. The fourth-order valence-electron chi connectivity index (χ4n) is 5.07. The highest BCUT2D eigenvalue weighted by Crippen LogP contribution is 2.28. The Labute approximate surface area is 254 Å². The molecular formula is C36H32BrFN2O2. The van der Waals surface area contributed by atoms with Crippen molar-refractivity contribution in [1.82, 2.24) is 9.88 Å². The van der Waals surface area contributed by atoms with Gasteiger partial charge in [0.15, 0.2) is 0 Å². The van der Waals surface area contributed by atoms with Gasteiger partial charge in [-0.1, -0.05) is 70.5 Å². The van der Waals surface area contributed by atoms with Crippen molar-refractivity contribution < 1.29 is 13.9 Å². The van der Waals surface area contributed by atoms with E-state index in [0.29, 0.717) is 24.4 Å². The lowest BCUT2D eigenvalue weighted by Gasteiger charge is -2.21. The van der Waals surface area contributed by atoms with E-state index in [9.17, 15) is 9.18 Å². The quantitative estimate of drug-likeness (QED) is 0.173. The molecule has 0 aliphatic carbocycles. The summed E-state index contributed by atoms with van der Waals surface area (Å²) in [6, 6.07) is 26.2. The molecule has 1 aromatic heterocycles. The number of hydrogen-bond donors (Lipinski definition) is 0. The molecule has 0 bridgehead atoms. The van der Waals surface area contributed by atoms with E-state index in [1.54, 1.807) is 17.0 Å². The lowest BCUT2D eigenvalue weighted by Crippen LogP contribution is -2.26. The molecule has 0 saturated carbocycles. The van der Waals surface area contributed by atoms with E-state index < -0.39 is 0 Å². The zero-order valence-corrected chi connectivity index (χ0v) is 25.7. The zero-order valence-electron chi connectivity index (χ0n) is 24.1. The van der Waals surface area contributed by atoms with Crippen molar-refractivity contribution in [3.05, 3.63) is 140 Å². The van der Waals surface area contributed by atoms with Gasteiger partial charge in [-0.3, -0.25) is 4.79 Å². The first-order valence-corrected chi connectivity index (χ1v) is 14.5. The summed E-state index contributed by atoms with van der Waals surface area (Å²) in [6.07, 6.45) is 3.70. The molecule has 0 spiro atoms. The largest absolute Gasteiger partial charge is 0.488 e. The SMILES string of the molecule is Cc1ccccc1COc1c(C)cc(CN(C)C(=O)c2cc(/C=C/c3ccc(F)cc3)nc3ccc(Br)cc23)cc1C.